The van der Waals surface area contributed by atoms with E-state index in [-0.39, 0.29) is 21.4 Å². The molecule has 0 aliphatic rings. The molecular formula is C20H26ClN3O3S. The average Bonchev–Trinajstić information content (AvgIpc) is 2.67. The van der Waals surface area contributed by atoms with Gasteiger partial charge in [0, 0.05) is 45.6 Å². The number of anilines is 2. The largest absolute Gasteiger partial charge is 0.378 e. The van der Waals surface area contributed by atoms with E-state index < -0.39 is 10.0 Å². The fourth-order valence-corrected chi connectivity index (χ4v) is 4.50. The van der Waals surface area contributed by atoms with E-state index in [1.807, 2.05) is 43.3 Å². The molecule has 0 radical (unpaired) electrons. The van der Waals surface area contributed by atoms with E-state index in [0.717, 1.165) is 5.69 Å². The second-order valence-electron chi connectivity index (χ2n) is 6.51. The van der Waals surface area contributed by atoms with E-state index in [4.69, 9.17) is 11.6 Å². The van der Waals surface area contributed by atoms with Crippen molar-refractivity contribution in [2.75, 3.05) is 44.0 Å². The second-order valence-corrected chi connectivity index (χ2v) is 8.85. The molecule has 0 spiro atoms. The summed E-state index contributed by atoms with van der Waals surface area (Å²) in [5, 5.41) is 0.209. The monoisotopic (exact) mass is 423 g/mol. The zero-order chi connectivity index (χ0) is 21.1. The number of hydrogen-bond acceptors (Lipinski definition) is 4. The summed E-state index contributed by atoms with van der Waals surface area (Å²) in [5.74, 6) is -0.376. The van der Waals surface area contributed by atoms with Crippen molar-refractivity contribution in [3.05, 3.63) is 53.1 Å². The van der Waals surface area contributed by atoms with Crippen molar-refractivity contribution in [1.29, 1.82) is 0 Å². The van der Waals surface area contributed by atoms with Crippen LogP contribution in [0.15, 0.2) is 47.4 Å². The van der Waals surface area contributed by atoms with Crippen molar-refractivity contribution in [1.82, 2.24) is 4.31 Å². The number of amides is 1. The molecule has 6 nitrogen and oxygen atoms in total. The zero-order valence-corrected chi connectivity index (χ0v) is 18.4. The van der Waals surface area contributed by atoms with Gasteiger partial charge in [-0.15, -0.1) is 0 Å². The predicted octanol–water partition coefficient (Wildman–Crippen LogP) is 3.71. The molecule has 0 heterocycles. The molecule has 0 aromatic heterocycles. The van der Waals surface area contributed by atoms with Crippen LogP contribution in [0, 0.1) is 0 Å². The van der Waals surface area contributed by atoms with Gasteiger partial charge in [0.05, 0.1) is 15.5 Å². The molecule has 0 fully saturated rings. The molecule has 0 N–H and O–H groups in total. The van der Waals surface area contributed by atoms with E-state index in [9.17, 15) is 13.2 Å². The maximum atomic E-state index is 13.0. The van der Waals surface area contributed by atoms with Gasteiger partial charge in [0.2, 0.25) is 10.0 Å². The van der Waals surface area contributed by atoms with Crippen molar-refractivity contribution >= 4 is 38.9 Å². The molecule has 0 aliphatic carbocycles. The van der Waals surface area contributed by atoms with Crippen LogP contribution in [0.1, 0.15) is 24.2 Å². The van der Waals surface area contributed by atoms with Gasteiger partial charge in [-0.05, 0) is 42.5 Å². The van der Waals surface area contributed by atoms with Crippen LogP contribution in [0.4, 0.5) is 11.4 Å². The molecule has 0 saturated carbocycles. The number of sulfonamides is 1. The van der Waals surface area contributed by atoms with Crippen LogP contribution < -0.4 is 9.80 Å². The Labute approximate surface area is 172 Å². The van der Waals surface area contributed by atoms with Crippen LogP contribution in [0.2, 0.25) is 5.02 Å². The normalized spacial score (nSPS) is 11.5. The summed E-state index contributed by atoms with van der Waals surface area (Å²) < 4.78 is 26.9. The smallest absolute Gasteiger partial charge is 0.259 e. The number of carbonyl (C=O) groups excluding carboxylic acids is 1. The number of carbonyl (C=O) groups is 1. The summed E-state index contributed by atoms with van der Waals surface area (Å²) in [6.45, 7) is 4.24. The number of benzene rings is 2. The van der Waals surface area contributed by atoms with Gasteiger partial charge in [0.1, 0.15) is 0 Å². The lowest BCUT2D eigenvalue weighted by Crippen LogP contribution is -2.31. The maximum Gasteiger partial charge on any atom is 0.259 e. The number of nitrogens with zero attached hydrogens (tertiary/aromatic N) is 3. The van der Waals surface area contributed by atoms with Crippen LogP contribution in [-0.4, -0.2) is 52.9 Å². The van der Waals surface area contributed by atoms with Gasteiger partial charge in [-0.3, -0.25) is 4.79 Å². The van der Waals surface area contributed by atoms with Gasteiger partial charge in [0.25, 0.3) is 5.91 Å². The first-order valence-corrected chi connectivity index (χ1v) is 10.8. The molecule has 2 aromatic rings. The Bertz CT molecular complexity index is 940. The Morgan fingerprint density at radius 3 is 1.96 bits per heavy atom. The van der Waals surface area contributed by atoms with Crippen molar-refractivity contribution in [2.24, 2.45) is 0 Å². The Hall–Kier alpha value is -2.09. The lowest BCUT2D eigenvalue weighted by Gasteiger charge is -2.21. The first kappa shape index (κ1) is 22.2. The lowest BCUT2D eigenvalue weighted by atomic mass is 10.2. The van der Waals surface area contributed by atoms with E-state index in [1.54, 1.807) is 20.9 Å². The fourth-order valence-electron chi connectivity index (χ4n) is 2.81. The molecule has 28 heavy (non-hydrogen) atoms. The molecule has 1 amide bonds. The Morgan fingerprint density at radius 1 is 0.929 bits per heavy atom. The summed E-state index contributed by atoms with van der Waals surface area (Å²) >= 11 is 6.22. The molecule has 0 aliphatic heterocycles. The Balaban J connectivity index is 2.40. The number of halogens is 1. The number of hydrogen-bond donors (Lipinski definition) is 0. The zero-order valence-electron chi connectivity index (χ0n) is 16.8. The highest BCUT2D eigenvalue weighted by atomic mass is 35.5. The van der Waals surface area contributed by atoms with E-state index in [0.29, 0.717) is 18.8 Å². The molecule has 8 heteroatoms. The molecule has 2 aromatic carbocycles. The molecule has 0 unspecified atom stereocenters. The Morgan fingerprint density at radius 2 is 1.46 bits per heavy atom. The molecule has 0 bridgehead atoms. The highest BCUT2D eigenvalue weighted by Gasteiger charge is 2.25. The van der Waals surface area contributed by atoms with Crippen molar-refractivity contribution < 1.29 is 13.2 Å². The first-order valence-electron chi connectivity index (χ1n) is 8.98. The van der Waals surface area contributed by atoms with Gasteiger partial charge in [-0.25, -0.2) is 8.42 Å². The quantitative estimate of drug-likeness (QED) is 0.681. The second kappa shape index (κ2) is 8.94. The van der Waals surface area contributed by atoms with Crippen molar-refractivity contribution in [3.63, 3.8) is 0 Å². The van der Waals surface area contributed by atoms with E-state index in [2.05, 4.69) is 0 Å². The Kier molecular flexibility index (Phi) is 7.09. The minimum absolute atomic E-state index is 0.0558. The van der Waals surface area contributed by atoms with E-state index >= 15 is 0 Å². The van der Waals surface area contributed by atoms with Crippen LogP contribution >= 0.6 is 11.6 Å². The summed E-state index contributed by atoms with van der Waals surface area (Å²) in [6.07, 6.45) is 0. The highest BCUT2D eigenvalue weighted by molar-refractivity contribution is 7.89. The number of rotatable bonds is 7. The summed E-state index contributed by atoms with van der Waals surface area (Å²) in [6, 6.07) is 11.7. The van der Waals surface area contributed by atoms with Crippen molar-refractivity contribution in [3.8, 4) is 0 Å². The lowest BCUT2D eigenvalue weighted by molar-refractivity contribution is 0.0993. The van der Waals surface area contributed by atoms with Crippen LogP contribution in [0.5, 0.6) is 0 Å². The molecule has 152 valence electrons. The van der Waals surface area contributed by atoms with Crippen LogP contribution in [0.25, 0.3) is 0 Å². The molecular weight excluding hydrogens is 398 g/mol. The molecule has 0 saturated heterocycles. The van der Waals surface area contributed by atoms with Crippen LogP contribution in [-0.2, 0) is 10.0 Å². The van der Waals surface area contributed by atoms with E-state index in [1.165, 1.54) is 27.4 Å². The minimum atomic E-state index is -3.68. The maximum absolute atomic E-state index is 13.0. The SMILES string of the molecule is CCN(CC)S(=O)(=O)c1ccc(Cl)c(C(=O)N(C)c2ccc(N(C)C)cc2)c1. The third kappa shape index (κ3) is 4.48. The van der Waals surface area contributed by atoms with Gasteiger partial charge >= 0.3 is 0 Å². The third-order valence-corrected chi connectivity index (χ3v) is 6.94. The summed E-state index contributed by atoms with van der Waals surface area (Å²) in [4.78, 5) is 16.5. The van der Waals surface area contributed by atoms with Crippen LogP contribution in [0.3, 0.4) is 0 Å². The summed E-state index contributed by atoms with van der Waals surface area (Å²) in [7, 11) is 1.82. The highest BCUT2D eigenvalue weighted by Crippen LogP contribution is 2.26. The molecule has 2 rings (SSSR count). The molecule has 0 atom stereocenters. The minimum Gasteiger partial charge on any atom is -0.378 e. The third-order valence-electron chi connectivity index (χ3n) is 4.57. The predicted molar refractivity (Wildman–Crippen MR) is 115 cm³/mol. The van der Waals surface area contributed by atoms with Gasteiger partial charge in [0.15, 0.2) is 0 Å². The topological polar surface area (TPSA) is 60.9 Å². The van der Waals surface area contributed by atoms with Gasteiger partial charge in [-0.2, -0.15) is 4.31 Å². The van der Waals surface area contributed by atoms with Gasteiger partial charge in [-0.1, -0.05) is 25.4 Å². The summed E-state index contributed by atoms with van der Waals surface area (Å²) in [5.41, 5.74) is 1.84. The fraction of sp³-hybridized carbons (Fsp3) is 0.350. The standard InChI is InChI=1S/C20H26ClN3O3S/c1-6-24(7-2)28(26,27)17-12-13-19(21)18(14-17)20(25)23(5)16-10-8-15(9-11-16)22(3)4/h8-14H,6-7H2,1-5H3. The average molecular weight is 424 g/mol. The first-order chi connectivity index (χ1) is 13.1. The van der Waals surface area contributed by atoms with Gasteiger partial charge < -0.3 is 9.80 Å². The van der Waals surface area contributed by atoms with Crippen molar-refractivity contribution in [2.45, 2.75) is 18.7 Å².